The van der Waals surface area contributed by atoms with Gasteiger partial charge in [0.15, 0.2) is 0 Å². The molecule has 0 fully saturated rings. The fourth-order valence-corrected chi connectivity index (χ4v) is 2.07. The second-order valence-electron chi connectivity index (χ2n) is 5.60. The lowest BCUT2D eigenvalue weighted by atomic mass is 10.1. The lowest BCUT2D eigenvalue weighted by Crippen LogP contribution is -2.24. The first-order chi connectivity index (χ1) is 11.0. The van der Waals surface area contributed by atoms with Crippen LogP contribution in [0.3, 0.4) is 0 Å². The summed E-state index contributed by atoms with van der Waals surface area (Å²) in [4.78, 5) is 23.4. The highest BCUT2D eigenvalue weighted by atomic mass is 35.5. The number of hydrogen-bond donors (Lipinski definition) is 2. The molecule has 0 aliphatic rings. The van der Waals surface area contributed by atoms with E-state index < -0.39 is 0 Å². The summed E-state index contributed by atoms with van der Waals surface area (Å²) >= 11 is 5.96. The Morgan fingerprint density at radius 2 is 1.96 bits per heavy atom. The van der Waals surface area contributed by atoms with Crippen molar-refractivity contribution in [3.05, 3.63) is 34.9 Å². The van der Waals surface area contributed by atoms with Crippen LogP contribution in [0.2, 0.25) is 5.02 Å². The second kappa shape index (κ2) is 10.8. The van der Waals surface area contributed by atoms with Gasteiger partial charge in [0.05, 0.1) is 10.6 Å². The summed E-state index contributed by atoms with van der Waals surface area (Å²) in [6.45, 7) is 4.55. The van der Waals surface area contributed by atoms with Crippen molar-refractivity contribution < 1.29 is 9.59 Å². The molecule has 0 radical (unpaired) electrons. The predicted molar refractivity (Wildman–Crippen MR) is 93.7 cm³/mol. The Balaban J connectivity index is 2.11. The lowest BCUT2D eigenvalue weighted by molar-refractivity contribution is -0.121. The number of carbonyl (C=O) groups is 2. The third-order valence-corrected chi connectivity index (χ3v) is 3.38. The standard InChI is InChI=1S/C17H24ClN3O2/c1-13(2)12-20-21-16(22)10-4-3-7-11-19-17(23)14-8-5-6-9-15(14)18/h5-6,8-9,12-13H,3-4,7,10-11H2,1-2H3,(H,19,23)(H,21,22). The maximum atomic E-state index is 11.9. The third-order valence-electron chi connectivity index (χ3n) is 3.05. The molecule has 23 heavy (non-hydrogen) atoms. The van der Waals surface area contributed by atoms with E-state index in [-0.39, 0.29) is 11.8 Å². The summed E-state index contributed by atoms with van der Waals surface area (Å²) in [5, 5.41) is 7.13. The van der Waals surface area contributed by atoms with E-state index in [0.717, 1.165) is 19.3 Å². The minimum atomic E-state index is -0.170. The van der Waals surface area contributed by atoms with Crippen molar-refractivity contribution in [1.29, 1.82) is 0 Å². The smallest absolute Gasteiger partial charge is 0.252 e. The number of hydrogen-bond acceptors (Lipinski definition) is 3. The number of halogens is 1. The predicted octanol–water partition coefficient (Wildman–Crippen LogP) is 3.39. The summed E-state index contributed by atoms with van der Waals surface area (Å²) in [6, 6.07) is 6.95. The highest BCUT2D eigenvalue weighted by Gasteiger charge is 2.08. The summed E-state index contributed by atoms with van der Waals surface area (Å²) in [6.07, 6.45) is 4.59. The molecule has 0 atom stereocenters. The van der Waals surface area contributed by atoms with Gasteiger partial charge in [-0.2, -0.15) is 5.10 Å². The zero-order chi connectivity index (χ0) is 17.1. The molecule has 0 saturated heterocycles. The summed E-state index contributed by atoms with van der Waals surface area (Å²) in [7, 11) is 0. The molecule has 1 aromatic rings. The van der Waals surface area contributed by atoms with Gasteiger partial charge in [-0.3, -0.25) is 9.59 Å². The number of amides is 2. The maximum Gasteiger partial charge on any atom is 0.252 e. The molecular weight excluding hydrogens is 314 g/mol. The van der Waals surface area contributed by atoms with Crippen LogP contribution in [0.25, 0.3) is 0 Å². The van der Waals surface area contributed by atoms with Crippen LogP contribution >= 0.6 is 11.6 Å². The molecule has 0 heterocycles. The van der Waals surface area contributed by atoms with E-state index in [2.05, 4.69) is 15.8 Å². The minimum absolute atomic E-state index is 0.0815. The third kappa shape index (κ3) is 8.35. The Hall–Kier alpha value is -1.88. The van der Waals surface area contributed by atoms with Crippen LogP contribution in [0, 0.1) is 5.92 Å². The fourth-order valence-electron chi connectivity index (χ4n) is 1.84. The number of carbonyl (C=O) groups excluding carboxylic acids is 2. The van der Waals surface area contributed by atoms with Gasteiger partial charge in [-0.25, -0.2) is 5.43 Å². The molecule has 0 unspecified atom stereocenters. The van der Waals surface area contributed by atoms with Gasteiger partial charge in [0.2, 0.25) is 5.91 Å². The Bertz CT molecular complexity index is 544. The van der Waals surface area contributed by atoms with E-state index in [1.54, 1.807) is 30.5 Å². The maximum absolute atomic E-state index is 11.9. The SMILES string of the molecule is CC(C)C=NNC(=O)CCCCCNC(=O)c1ccccc1Cl. The number of nitrogens with one attached hydrogen (secondary N) is 2. The van der Waals surface area contributed by atoms with Gasteiger partial charge < -0.3 is 5.32 Å². The average molecular weight is 338 g/mol. The van der Waals surface area contributed by atoms with E-state index in [9.17, 15) is 9.59 Å². The molecule has 0 spiro atoms. The number of unbranched alkanes of at least 4 members (excludes halogenated alkanes) is 2. The molecule has 0 aliphatic carbocycles. The number of benzene rings is 1. The van der Waals surface area contributed by atoms with E-state index in [1.807, 2.05) is 13.8 Å². The Morgan fingerprint density at radius 3 is 2.65 bits per heavy atom. The Kier molecular flexibility index (Phi) is 8.98. The first-order valence-corrected chi connectivity index (χ1v) is 8.23. The van der Waals surface area contributed by atoms with Gasteiger partial charge in [-0.1, -0.05) is 44.0 Å². The van der Waals surface area contributed by atoms with Crippen LogP contribution in [0.5, 0.6) is 0 Å². The second-order valence-corrected chi connectivity index (χ2v) is 6.01. The van der Waals surface area contributed by atoms with Crippen LogP contribution in [0.1, 0.15) is 49.9 Å². The van der Waals surface area contributed by atoms with Crippen LogP contribution in [0.4, 0.5) is 0 Å². The van der Waals surface area contributed by atoms with Gasteiger partial charge in [-0.15, -0.1) is 0 Å². The molecule has 2 N–H and O–H groups in total. The molecule has 0 aliphatic heterocycles. The Morgan fingerprint density at radius 1 is 1.22 bits per heavy atom. The number of rotatable bonds is 9. The van der Waals surface area contributed by atoms with Crippen molar-refractivity contribution in [3.63, 3.8) is 0 Å². The molecular formula is C17H24ClN3O2. The summed E-state index contributed by atoms with van der Waals surface area (Å²) < 4.78 is 0. The summed E-state index contributed by atoms with van der Waals surface area (Å²) in [5.74, 6) is 0.0652. The van der Waals surface area contributed by atoms with E-state index >= 15 is 0 Å². The van der Waals surface area contributed by atoms with Gasteiger partial charge in [0.25, 0.3) is 5.91 Å². The van der Waals surface area contributed by atoms with Crippen molar-refractivity contribution in [3.8, 4) is 0 Å². The molecule has 0 aromatic heterocycles. The van der Waals surface area contributed by atoms with Gasteiger partial charge in [0, 0.05) is 19.2 Å². The van der Waals surface area contributed by atoms with E-state index in [0.29, 0.717) is 29.5 Å². The zero-order valence-corrected chi connectivity index (χ0v) is 14.4. The van der Waals surface area contributed by atoms with Gasteiger partial charge >= 0.3 is 0 Å². The monoisotopic (exact) mass is 337 g/mol. The first-order valence-electron chi connectivity index (χ1n) is 7.85. The normalized spacial score (nSPS) is 11.0. The quantitative estimate of drug-likeness (QED) is 0.412. The first kappa shape index (κ1) is 19.2. The van der Waals surface area contributed by atoms with Crippen molar-refractivity contribution >= 4 is 29.6 Å². The topological polar surface area (TPSA) is 70.6 Å². The number of nitrogens with zero attached hydrogens (tertiary/aromatic N) is 1. The van der Waals surface area contributed by atoms with Crippen molar-refractivity contribution in [2.75, 3.05) is 6.54 Å². The van der Waals surface area contributed by atoms with E-state index in [4.69, 9.17) is 11.6 Å². The number of hydrazone groups is 1. The van der Waals surface area contributed by atoms with Crippen LogP contribution in [-0.2, 0) is 4.79 Å². The van der Waals surface area contributed by atoms with Crippen molar-refractivity contribution in [2.45, 2.75) is 39.5 Å². The fraction of sp³-hybridized carbons (Fsp3) is 0.471. The highest BCUT2D eigenvalue weighted by molar-refractivity contribution is 6.33. The summed E-state index contributed by atoms with van der Waals surface area (Å²) in [5.41, 5.74) is 2.98. The molecule has 1 aromatic carbocycles. The molecule has 2 amide bonds. The van der Waals surface area contributed by atoms with Gasteiger partial charge in [0.1, 0.15) is 0 Å². The molecule has 6 heteroatoms. The molecule has 5 nitrogen and oxygen atoms in total. The van der Waals surface area contributed by atoms with Gasteiger partial charge in [-0.05, 0) is 30.9 Å². The molecule has 126 valence electrons. The zero-order valence-electron chi connectivity index (χ0n) is 13.6. The van der Waals surface area contributed by atoms with Crippen LogP contribution < -0.4 is 10.7 Å². The molecule has 1 rings (SSSR count). The highest BCUT2D eigenvalue weighted by Crippen LogP contribution is 2.14. The van der Waals surface area contributed by atoms with E-state index in [1.165, 1.54) is 0 Å². The van der Waals surface area contributed by atoms with Crippen molar-refractivity contribution in [2.24, 2.45) is 11.0 Å². The molecule has 0 bridgehead atoms. The van der Waals surface area contributed by atoms with Crippen molar-refractivity contribution in [1.82, 2.24) is 10.7 Å². The largest absolute Gasteiger partial charge is 0.352 e. The minimum Gasteiger partial charge on any atom is -0.352 e. The average Bonchev–Trinajstić information content (AvgIpc) is 2.50. The van der Waals surface area contributed by atoms with Crippen LogP contribution in [0.15, 0.2) is 29.4 Å². The lowest BCUT2D eigenvalue weighted by Gasteiger charge is -2.06. The molecule has 0 saturated carbocycles. The Labute approximate surface area is 142 Å². The van der Waals surface area contributed by atoms with Crippen LogP contribution in [-0.4, -0.2) is 24.6 Å².